The van der Waals surface area contributed by atoms with E-state index in [0.717, 1.165) is 44.2 Å². The van der Waals surface area contributed by atoms with Gasteiger partial charge < -0.3 is 4.42 Å². The third kappa shape index (κ3) is 4.86. The second kappa shape index (κ2) is 12.0. The van der Waals surface area contributed by atoms with Gasteiger partial charge in [-0.05, 0) is 89.8 Å². The first kappa shape index (κ1) is 29.2. The van der Waals surface area contributed by atoms with E-state index < -0.39 is 0 Å². The summed E-state index contributed by atoms with van der Waals surface area (Å²) in [5.41, 5.74) is 13.7. The minimum absolute atomic E-state index is 0.898. The maximum Gasteiger partial charge on any atom is 0.143 e. The Kier molecular flexibility index (Phi) is 6.89. The number of rotatable bonds is 5. The van der Waals surface area contributed by atoms with Crippen LogP contribution in [0.15, 0.2) is 199 Å². The summed E-state index contributed by atoms with van der Waals surface area (Å²) in [5, 5.41) is 7.23. The number of furan rings is 1. The van der Waals surface area contributed by atoms with Crippen LogP contribution in [0.25, 0.3) is 99.1 Å². The van der Waals surface area contributed by atoms with Gasteiger partial charge in [0, 0.05) is 16.3 Å². The highest BCUT2D eigenvalue weighted by Gasteiger charge is 2.20. The molecule has 0 radical (unpaired) electrons. The molecule has 10 aromatic rings. The molecule has 0 unspecified atom stereocenters. The molecule has 0 amide bonds. The zero-order valence-corrected chi connectivity index (χ0v) is 27.9. The Balaban J connectivity index is 1.26. The monoisotopic (exact) mass is 648 g/mol. The van der Waals surface area contributed by atoms with Crippen molar-refractivity contribution in [3.05, 3.63) is 194 Å². The van der Waals surface area contributed by atoms with Crippen LogP contribution in [0, 0.1) is 0 Å². The highest BCUT2D eigenvalue weighted by molar-refractivity contribution is 6.23. The van der Waals surface area contributed by atoms with Crippen molar-refractivity contribution in [2.75, 3.05) is 0 Å². The summed E-state index contributed by atoms with van der Waals surface area (Å²) in [4.78, 5) is 0. The molecule has 0 atom stereocenters. The van der Waals surface area contributed by atoms with E-state index in [-0.39, 0.29) is 0 Å². The van der Waals surface area contributed by atoms with E-state index >= 15 is 0 Å². The maximum atomic E-state index is 6.66. The molecular formula is C50H32O. The Hall–Kier alpha value is -6.70. The van der Waals surface area contributed by atoms with Crippen molar-refractivity contribution in [3.63, 3.8) is 0 Å². The minimum atomic E-state index is 0.898. The van der Waals surface area contributed by atoms with Crippen LogP contribution >= 0.6 is 0 Å². The first-order valence-corrected chi connectivity index (χ1v) is 17.5. The van der Waals surface area contributed by atoms with Gasteiger partial charge in [0.05, 0.1) is 0 Å². The summed E-state index contributed by atoms with van der Waals surface area (Å²) in [6, 6.07) is 69.9. The first-order valence-electron chi connectivity index (χ1n) is 17.5. The Labute approximate surface area is 296 Å². The predicted molar refractivity (Wildman–Crippen MR) is 216 cm³/mol. The van der Waals surface area contributed by atoms with E-state index in [1.807, 2.05) is 6.07 Å². The average molecular weight is 649 g/mol. The van der Waals surface area contributed by atoms with Crippen LogP contribution in [-0.2, 0) is 0 Å². The van der Waals surface area contributed by atoms with Crippen molar-refractivity contribution in [2.24, 2.45) is 0 Å². The van der Waals surface area contributed by atoms with Gasteiger partial charge in [-0.15, -0.1) is 0 Å². The van der Waals surface area contributed by atoms with Crippen molar-refractivity contribution in [2.45, 2.75) is 0 Å². The zero-order valence-electron chi connectivity index (χ0n) is 27.9. The van der Waals surface area contributed by atoms with Crippen LogP contribution in [0.4, 0.5) is 0 Å². The molecular weight excluding hydrogens is 617 g/mol. The topological polar surface area (TPSA) is 13.1 Å². The number of fused-ring (bicyclic) bond motifs is 5. The van der Waals surface area contributed by atoms with E-state index in [1.54, 1.807) is 0 Å². The Morgan fingerprint density at radius 2 is 0.725 bits per heavy atom. The normalized spacial score (nSPS) is 11.5. The van der Waals surface area contributed by atoms with Crippen LogP contribution in [0.5, 0.6) is 0 Å². The molecule has 51 heavy (non-hydrogen) atoms. The fraction of sp³-hybridized carbons (Fsp3) is 0. The molecule has 0 fully saturated rings. The van der Waals surface area contributed by atoms with Gasteiger partial charge in [0.15, 0.2) is 0 Å². The lowest BCUT2D eigenvalue weighted by Gasteiger charge is -2.19. The van der Waals surface area contributed by atoms with E-state index in [1.165, 1.54) is 54.9 Å². The molecule has 9 aromatic carbocycles. The van der Waals surface area contributed by atoms with E-state index in [9.17, 15) is 0 Å². The molecule has 0 saturated heterocycles. The zero-order chi connectivity index (χ0) is 33.7. The Morgan fingerprint density at radius 3 is 1.41 bits per heavy atom. The lowest BCUT2D eigenvalue weighted by molar-refractivity contribution is 0.670. The Bertz CT molecular complexity index is 2860. The molecule has 1 nitrogen and oxygen atoms in total. The standard InChI is InChI=1S/C50H32O/c1-4-14-33(15-5-1)34-24-26-37(27-25-34)47-41-20-10-11-21-42(41)48(36-18-8-3-9-19-36)45-32-38(28-29-43(45)47)39-30-31-40(35-16-6-2-7-17-35)50-49(39)44-22-12-13-23-46(44)51-50/h1-32H. The fourth-order valence-corrected chi connectivity index (χ4v) is 7.95. The van der Waals surface area contributed by atoms with Gasteiger partial charge in [0.1, 0.15) is 11.2 Å². The molecule has 0 aliphatic rings. The SMILES string of the molecule is c1ccc(-c2ccc(-c3c4ccccc4c(-c4ccccc4)c4cc(-c5ccc(-c6ccccc6)c6oc7ccccc7c56)ccc34)cc2)cc1. The predicted octanol–water partition coefficient (Wildman–Crippen LogP) is 14.2. The van der Waals surface area contributed by atoms with Crippen LogP contribution in [0.3, 0.4) is 0 Å². The molecule has 238 valence electrons. The van der Waals surface area contributed by atoms with Gasteiger partial charge in [0.25, 0.3) is 0 Å². The van der Waals surface area contributed by atoms with E-state index in [4.69, 9.17) is 4.42 Å². The summed E-state index contributed by atoms with van der Waals surface area (Å²) < 4.78 is 6.66. The van der Waals surface area contributed by atoms with Gasteiger partial charge in [-0.25, -0.2) is 0 Å². The first-order chi connectivity index (χ1) is 25.3. The summed E-state index contributed by atoms with van der Waals surface area (Å²) in [5.74, 6) is 0. The molecule has 0 bridgehead atoms. The number of para-hydroxylation sites is 1. The van der Waals surface area contributed by atoms with Crippen molar-refractivity contribution >= 4 is 43.5 Å². The van der Waals surface area contributed by atoms with E-state index in [0.29, 0.717) is 0 Å². The molecule has 10 rings (SSSR count). The van der Waals surface area contributed by atoms with Crippen LogP contribution in [-0.4, -0.2) is 0 Å². The molecule has 0 aliphatic carbocycles. The summed E-state index contributed by atoms with van der Waals surface area (Å²) in [7, 11) is 0. The summed E-state index contributed by atoms with van der Waals surface area (Å²) >= 11 is 0. The van der Waals surface area contributed by atoms with E-state index in [2.05, 4.69) is 188 Å². The molecule has 1 heteroatoms. The molecule has 0 saturated carbocycles. The third-order valence-corrected chi connectivity index (χ3v) is 10.3. The van der Waals surface area contributed by atoms with Crippen molar-refractivity contribution < 1.29 is 4.42 Å². The number of benzene rings is 9. The van der Waals surface area contributed by atoms with Crippen molar-refractivity contribution in [1.29, 1.82) is 0 Å². The Morgan fingerprint density at radius 1 is 0.275 bits per heavy atom. The summed E-state index contributed by atoms with van der Waals surface area (Å²) in [6.07, 6.45) is 0. The van der Waals surface area contributed by atoms with Crippen molar-refractivity contribution in [1.82, 2.24) is 0 Å². The highest BCUT2D eigenvalue weighted by Crippen LogP contribution is 2.47. The lowest BCUT2D eigenvalue weighted by Crippen LogP contribution is -1.92. The molecule has 0 spiro atoms. The molecule has 0 aliphatic heterocycles. The van der Waals surface area contributed by atoms with Gasteiger partial charge in [-0.3, -0.25) is 0 Å². The molecule has 1 aromatic heterocycles. The maximum absolute atomic E-state index is 6.66. The average Bonchev–Trinajstić information content (AvgIpc) is 3.60. The van der Waals surface area contributed by atoms with Gasteiger partial charge >= 0.3 is 0 Å². The quantitative estimate of drug-likeness (QED) is 0.169. The van der Waals surface area contributed by atoms with Crippen molar-refractivity contribution in [3.8, 4) is 55.6 Å². The van der Waals surface area contributed by atoms with Gasteiger partial charge in [-0.1, -0.05) is 176 Å². The molecule has 1 heterocycles. The van der Waals surface area contributed by atoms with Gasteiger partial charge in [-0.2, -0.15) is 0 Å². The number of hydrogen-bond donors (Lipinski definition) is 0. The highest BCUT2D eigenvalue weighted by atomic mass is 16.3. The smallest absolute Gasteiger partial charge is 0.143 e. The lowest BCUT2D eigenvalue weighted by atomic mass is 9.84. The van der Waals surface area contributed by atoms with Crippen LogP contribution in [0.1, 0.15) is 0 Å². The van der Waals surface area contributed by atoms with Gasteiger partial charge in [0.2, 0.25) is 0 Å². The fourth-order valence-electron chi connectivity index (χ4n) is 7.95. The minimum Gasteiger partial charge on any atom is -0.455 e. The van der Waals surface area contributed by atoms with Crippen LogP contribution in [0.2, 0.25) is 0 Å². The second-order valence-corrected chi connectivity index (χ2v) is 13.2. The molecule has 0 N–H and O–H groups in total. The second-order valence-electron chi connectivity index (χ2n) is 13.2. The van der Waals surface area contributed by atoms with Crippen LogP contribution < -0.4 is 0 Å². The number of hydrogen-bond acceptors (Lipinski definition) is 1. The largest absolute Gasteiger partial charge is 0.455 e. The summed E-state index contributed by atoms with van der Waals surface area (Å²) in [6.45, 7) is 0. The third-order valence-electron chi connectivity index (χ3n) is 10.3.